The normalized spacial score (nSPS) is 14.6. The number of imidazole rings is 1. The van der Waals surface area contributed by atoms with Crippen molar-refractivity contribution in [3.05, 3.63) is 25.8 Å². The Labute approximate surface area is 163 Å². The van der Waals surface area contributed by atoms with Crippen LogP contribution in [0.4, 0.5) is 5.95 Å². The van der Waals surface area contributed by atoms with E-state index in [9.17, 15) is 9.59 Å². The van der Waals surface area contributed by atoms with E-state index in [0.717, 1.165) is 51.5 Å². The number of hydrogen-bond donors (Lipinski definition) is 0. The fraction of sp³-hybridized carbons (Fsp3) is 0.562. The van der Waals surface area contributed by atoms with Crippen molar-refractivity contribution < 1.29 is 0 Å². The molecule has 1 saturated heterocycles. The van der Waals surface area contributed by atoms with Gasteiger partial charge in [-0.2, -0.15) is 4.98 Å². The number of thioether (sulfide) groups is 1. The number of rotatable bonds is 5. The van der Waals surface area contributed by atoms with E-state index < -0.39 is 0 Å². The van der Waals surface area contributed by atoms with Crippen LogP contribution < -0.4 is 16.1 Å². The third kappa shape index (κ3) is 3.18. The zero-order valence-corrected chi connectivity index (χ0v) is 17.1. The molecule has 1 aliphatic rings. The molecule has 1 fully saturated rings. The molecule has 0 bridgehead atoms. The van der Waals surface area contributed by atoms with Gasteiger partial charge in [-0.25, -0.2) is 4.79 Å². The summed E-state index contributed by atoms with van der Waals surface area (Å²) >= 11 is 3.18. The molecule has 0 N–H and O–H groups in total. The summed E-state index contributed by atoms with van der Waals surface area (Å²) in [4.78, 5) is 32.0. The minimum atomic E-state index is -0.358. The quantitative estimate of drug-likeness (QED) is 0.583. The van der Waals surface area contributed by atoms with E-state index in [0.29, 0.717) is 17.7 Å². The Morgan fingerprint density at radius 1 is 1.11 bits per heavy atom. The lowest BCUT2D eigenvalue weighted by Gasteiger charge is -2.18. The Bertz CT molecular complexity index is 1100. The van der Waals surface area contributed by atoms with Gasteiger partial charge in [-0.15, -0.1) is 10.2 Å². The Kier molecular flexibility index (Phi) is 4.81. The lowest BCUT2D eigenvalue weighted by atomic mass is 10.4. The van der Waals surface area contributed by atoms with E-state index in [-0.39, 0.29) is 11.2 Å². The van der Waals surface area contributed by atoms with Gasteiger partial charge in [-0.3, -0.25) is 13.9 Å². The average Bonchev–Trinajstić information content (AvgIpc) is 3.38. The molecule has 3 aromatic rings. The first kappa shape index (κ1) is 18.2. The Balaban J connectivity index is 1.76. The molecule has 0 unspecified atom stereocenters. The van der Waals surface area contributed by atoms with Crippen molar-refractivity contribution in [2.24, 2.45) is 14.1 Å². The predicted octanol–water partition coefficient (Wildman–Crippen LogP) is 0.986. The minimum Gasteiger partial charge on any atom is -0.342 e. The van der Waals surface area contributed by atoms with E-state index >= 15 is 0 Å². The molecule has 0 aromatic carbocycles. The SMILES string of the molecule is Cc1nnc(SCCn2c(N3CCCC3)nc3c2c(=O)n(C)c(=O)n3C)s1. The predicted molar refractivity (Wildman–Crippen MR) is 107 cm³/mol. The lowest BCUT2D eigenvalue weighted by molar-refractivity contribution is 0.699. The molecular weight excluding hydrogens is 386 g/mol. The van der Waals surface area contributed by atoms with Crippen LogP contribution in [0.1, 0.15) is 17.8 Å². The number of aryl methyl sites for hydroxylation is 3. The van der Waals surface area contributed by atoms with Crippen LogP contribution in [0, 0.1) is 6.92 Å². The third-order valence-corrected chi connectivity index (χ3v) is 6.72. The summed E-state index contributed by atoms with van der Waals surface area (Å²) < 4.78 is 5.48. The van der Waals surface area contributed by atoms with Crippen molar-refractivity contribution in [3.63, 3.8) is 0 Å². The smallest absolute Gasteiger partial charge is 0.332 e. The van der Waals surface area contributed by atoms with Crippen molar-refractivity contribution in [2.75, 3.05) is 23.7 Å². The van der Waals surface area contributed by atoms with Crippen molar-refractivity contribution in [2.45, 2.75) is 30.6 Å². The third-order valence-electron chi connectivity index (χ3n) is 4.76. The van der Waals surface area contributed by atoms with Gasteiger partial charge in [0.15, 0.2) is 15.5 Å². The van der Waals surface area contributed by atoms with Gasteiger partial charge in [-0.1, -0.05) is 23.1 Å². The van der Waals surface area contributed by atoms with Crippen LogP contribution in [0.25, 0.3) is 11.2 Å². The first-order valence-electron chi connectivity index (χ1n) is 8.81. The second-order valence-electron chi connectivity index (χ2n) is 6.57. The summed E-state index contributed by atoms with van der Waals surface area (Å²) in [5.74, 6) is 1.52. The van der Waals surface area contributed by atoms with E-state index in [4.69, 9.17) is 4.98 Å². The standard InChI is InChI=1S/C16H21N7O2S2/c1-10-18-19-15(27-10)26-9-8-23-11-12(17-14(23)22-6-4-5-7-22)20(2)16(25)21(3)13(11)24/h4-9H2,1-3H3. The van der Waals surface area contributed by atoms with Crippen molar-refractivity contribution in [1.29, 1.82) is 0 Å². The fourth-order valence-electron chi connectivity index (χ4n) is 3.37. The molecule has 4 rings (SSSR count). The molecule has 1 aliphatic heterocycles. The molecule has 11 heteroatoms. The molecule has 0 amide bonds. The lowest BCUT2D eigenvalue weighted by Crippen LogP contribution is -2.37. The van der Waals surface area contributed by atoms with Crippen molar-refractivity contribution in [3.8, 4) is 0 Å². The molecule has 0 spiro atoms. The highest BCUT2D eigenvalue weighted by Crippen LogP contribution is 2.26. The largest absolute Gasteiger partial charge is 0.342 e. The zero-order chi connectivity index (χ0) is 19.1. The van der Waals surface area contributed by atoms with E-state index in [1.54, 1.807) is 30.1 Å². The Morgan fingerprint density at radius 3 is 2.52 bits per heavy atom. The summed E-state index contributed by atoms with van der Waals surface area (Å²) in [6.07, 6.45) is 2.22. The van der Waals surface area contributed by atoms with Crippen LogP contribution in [0.3, 0.4) is 0 Å². The van der Waals surface area contributed by atoms with Gasteiger partial charge in [0, 0.05) is 39.5 Å². The second kappa shape index (κ2) is 7.12. The van der Waals surface area contributed by atoms with Gasteiger partial charge in [0.2, 0.25) is 5.95 Å². The number of hydrogen-bond acceptors (Lipinski definition) is 8. The Hall–Kier alpha value is -2.14. The number of fused-ring (bicyclic) bond motifs is 1. The highest BCUT2D eigenvalue weighted by Gasteiger charge is 2.24. The molecule has 3 aromatic heterocycles. The molecule has 4 heterocycles. The first-order chi connectivity index (χ1) is 13.0. The monoisotopic (exact) mass is 407 g/mol. The van der Waals surface area contributed by atoms with Crippen molar-refractivity contribution >= 4 is 40.2 Å². The molecule has 0 radical (unpaired) electrons. The molecule has 0 atom stereocenters. The molecule has 0 aliphatic carbocycles. The van der Waals surface area contributed by atoms with Crippen molar-refractivity contribution in [1.82, 2.24) is 28.9 Å². The molecule has 0 saturated carbocycles. The first-order valence-corrected chi connectivity index (χ1v) is 10.6. The number of nitrogens with zero attached hydrogens (tertiary/aromatic N) is 7. The molecule has 144 valence electrons. The number of aromatic nitrogens is 6. The van der Waals surface area contributed by atoms with Crippen LogP contribution in [0.15, 0.2) is 13.9 Å². The maximum Gasteiger partial charge on any atom is 0.332 e. The Morgan fingerprint density at radius 2 is 1.85 bits per heavy atom. The van der Waals surface area contributed by atoms with Crippen LogP contribution >= 0.6 is 23.1 Å². The highest BCUT2D eigenvalue weighted by molar-refractivity contribution is 8.01. The van der Waals surface area contributed by atoms with Gasteiger partial charge in [0.25, 0.3) is 5.56 Å². The van der Waals surface area contributed by atoms with Crippen LogP contribution in [-0.4, -0.2) is 47.7 Å². The summed E-state index contributed by atoms with van der Waals surface area (Å²) in [6.45, 7) is 4.38. The summed E-state index contributed by atoms with van der Waals surface area (Å²) in [5.41, 5.74) is 0.268. The highest BCUT2D eigenvalue weighted by atomic mass is 32.2. The van der Waals surface area contributed by atoms with Crippen LogP contribution in [0.2, 0.25) is 0 Å². The second-order valence-corrected chi connectivity index (χ2v) is 9.09. The maximum atomic E-state index is 12.8. The van der Waals surface area contributed by atoms with E-state index in [1.165, 1.54) is 11.6 Å². The summed E-state index contributed by atoms with van der Waals surface area (Å²) in [7, 11) is 3.17. The zero-order valence-electron chi connectivity index (χ0n) is 15.5. The van der Waals surface area contributed by atoms with Gasteiger partial charge in [0.05, 0.1) is 0 Å². The average molecular weight is 408 g/mol. The van der Waals surface area contributed by atoms with E-state index in [2.05, 4.69) is 15.1 Å². The minimum absolute atomic E-state index is 0.303. The summed E-state index contributed by atoms with van der Waals surface area (Å²) in [6, 6.07) is 0. The number of anilines is 1. The van der Waals surface area contributed by atoms with Gasteiger partial charge >= 0.3 is 5.69 Å². The van der Waals surface area contributed by atoms with E-state index in [1.807, 2.05) is 11.5 Å². The fourth-order valence-corrected chi connectivity index (χ4v) is 5.18. The maximum absolute atomic E-state index is 12.8. The molecule has 27 heavy (non-hydrogen) atoms. The molecular formula is C16H21N7O2S2. The van der Waals surface area contributed by atoms with Crippen LogP contribution in [-0.2, 0) is 20.6 Å². The van der Waals surface area contributed by atoms with Gasteiger partial charge in [0.1, 0.15) is 5.01 Å². The topological polar surface area (TPSA) is 90.8 Å². The van der Waals surface area contributed by atoms with Gasteiger partial charge < -0.3 is 9.47 Å². The van der Waals surface area contributed by atoms with Gasteiger partial charge in [-0.05, 0) is 19.8 Å². The van der Waals surface area contributed by atoms with Crippen LogP contribution in [0.5, 0.6) is 0 Å². The summed E-state index contributed by atoms with van der Waals surface area (Å²) in [5, 5.41) is 9.12. The molecule has 9 nitrogen and oxygen atoms in total.